The summed E-state index contributed by atoms with van der Waals surface area (Å²) >= 11 is 0. The highest BCUT2D eigenvalue weighted by Gasteiger charge is 2.15. The van der Waals surface area contributed by atoms with Crippen molar-refractivity contribution in [3.05, 3.63) is 72.6 Å². The number of carbonyl (C=O) groups excluding carboxylic acids is 1. The lowest BCUT2D eigenvalue weighted by Gasteiger charge is -2.25. The van der Waals surface area contributed by atoms with Crippen LogP contribution in [0.15, 0.2) is 61.2 Å². The minimum Gasteiger partial charge on any atom is -0.336 e. The fourth-order valence-electron chi connectivity index (χ4n) is 2.69. The highest BCUT2D eigenvalue weighted by molar-refractivity contribution is 5.89. The van der Waals surface area contributed by atoms with Gasteiger partial charge in [0.15, 0.2) is 0 Å². The van der Waals surface area contributed by atoms with Gasteiger partial charge in [0.05, 0.1) is 11.7 Å². The molecule has 1 atom stereocenters. The molecule has 0 bridgehead atoms. The van der Waals surface area contributed by atoms with Crippen molar-refractivity contribution >= 4 is 11.7 Å². The summed E-state index contributed by atoms with van der Waals surface area (Å²) in [6.07, 6.45) is 3.06. The Morgan fingerprint density at radius 3 is 2.44 bits per heavy atom. The van der Waals surface area contributed by atoms with Crippen molar-refractivity contribution in [1.29, 1.82) is 0 Å². The first-order chi connectivity index (χ1) is 13.0. The molecule has 27 heavy (non-hydrogen) atoms. The Morgan fingerprint density at radius 1 is 1.15 bits per heavy atom. The van der Waals surface area contributed by atoms with Crippen molar-refractivity contribution in [2.45, 2.75) is 6.04 Å². The van der Waals surface area contributed by atoms with E-state index in [9.17, 15) is 9.18 Å². The highest BCUT2D eigenvalue weighted by atomic mass is 19.1. The Balaban J connectivity index is 1.57. The second-order valence-corrected chi connectivity index (χ2v) is 6.25. The SMILES string of the molecule is CN(C)[C@@H](CNC(=O)Nc1ccc(-n2cncn2)cc1)c1ccc(F)cc1. The monoisotopic (exact) mass is 368 g/mol. The summed E-state index contributed by atoms with van der Waals surface area (Å²) in [5.74, 6) is -0.281. The van der Waals surface area contributed by atoms with Crippen molar-refractivity contribution in [1.82, 2.24) is 25.0 Å². The van der Waals surface area contributed by atoms with E-state index in [4.69, 9.17) is 0 Å². The summed E-state index contributed by atoms with van der Waals surface area (Å²) in [4.78, 5) is 18.1. The molecule has 0 unspecified atom stereocenters. The second-order valence-electron chi connectivity index (χ2n) is 6.25. The van der Waals surface area contributed by atoms with Crippen molar-refractivity contribution in [3.63, 3.8) is 0 Å². The Bertz CT molecular complexity index is 862. The minimum absolute atomic E-state index is 0.0639. The predicted molar refractivity (Wildman–Crippen MR) is 101 cm³/mol. The topological polar surface area (TPSA) is 75.1 Å². The first-order valence-electron chi connectivity index (χ1n) is 8.45. The van der Waals surface area contributed by atoms with E-state index in [-0.39, 0.29) is 17.9 Å². The maximum absolute atomic E-state index is 13.1. The third-order valence-electron chi connectivity index (χ3n) is 4.14. The fourth-order valence-corrected chi connectivity index (χ4v) is 2.69. The molecule has 2 N–H and O–H groups in total. The molecule has 0 fully saturated rings. The first kappa shape index (κ1) is 18.5. The van der Waals surface area contributed by atoms with Crippen molar-refractivity contribution in [2.24, 2.45) is 0 Å². The van der Waals surface area contributed by atoms with Gasteiger partial charge in [-0.05, 0) is 56.1 Å². The van der Waals surface area contributed by atoms with Crippen LogP contribution in [-0.2, 0) is 0 Å². The molecule has 2 aromatic carbocycles. The number of likely N-dealkylation sites (N-methyl/N-ethyl adjacent to an activating group) is 1. The van der Waals surface area contributed by atoms with E-state index in [1.807, 2.05) is 31.1 Å². The van der Waals surface area contributed by atoms with Crippen LogP contribution >= 0.6 is 0 Å². The van der Waals surface area contributed by atoms with Crippen LogP contribution < -0.4 is 10.6 Å². The minimum atomic E-state index is -0.308. The molecule has 3 aromatic rings. The lowest BCUT2D eigenvalue weighted by Crippen LogP contribution is -2.36. The van der Waals surface area contributed by atoms with Gasteiger partial charge < -0.3 is 15.5 Å². The first-order valence-corrected chi connectivity index (χ1v) is 8.45. The summed E-state index contributed by atoms with van der Waals surface area (Å²) < 4.78 is 14.8. The maximum Gasteiger partial charge on any atom is 0.319 e. The molecule has 0 aliphatic heterocycles. The molecular weight excluding hydrogens is 347 g/mol. The number of anilines is 1. The van der Waals surface area contributed by atoms with Crippen LogP contribution in [0, 0.1) is 5.82 Å². The third kappa shape index (κ3) is 4.89. The van der Waals surface area contributed by atoms with E-state index >= 15 is 0 Å². The van der Waals surface area contributed by atoms with Crippen LogP contribution in [0.3, 0.4) is 0 Å². The molecule has 0 saturated carbocycles. The lowest BCUT2D eigenvalue weighted by atomic mass is 10.1. The summed E-state index contributed by atoms with van der Waals surface area (Å²) in [5.41, 5.74) is 2.45. The van der Waals surface area contributed by atoms with Crippen LogP contribution in [-0.4, -0.2) is 46.3 Å². The van der Waals surface area contributed by atoms with Crippen LogP contribution in [0.2, 0.25) is 0 Å². The number of rotatable bonds is 6. The van der Waals surface area contributed by atoms with Crippen LogP contribution in [0.4, 0.5) is 14.9 Å². The number of urea groups is 1. The summed E-state index contributed by atoms with van der Waals surface area (Å²) in [6.45, 7) is 0.390. The maximum atomic E-state index is 13.1. The summed E-state index contributed by atoms with van der Waals surface area (Å²) in [5, 5.41) is 9.70. The Kier molecular flexibility index (Phi) is 5.77. The zero-order valence-electron chi connectivity index (χ0n) is 15.1. The molecule has 0 saturated heterocycles. The Hall–Kier alpha value is -3.26. The normalized spacial score (nSPS) is 12.0. The molecule has 0 spiro atoms. The van der Waals surface area contributed by atoms with E-state index in [1.165, 1.54) is 18.5 Å². The number of nitrogens with one attached hydrogen (secondary N) is 2. The number of hydrogen-bond donors (Lipinski definition) is 2. The average molecular weight is 368 g/mol. The molecule has 8 heteroatoms. The van der Waals surface area contributed by atoms with Gasteiger partial charge in [0, 0.05) is 12.2 Å². The number of nitrogens with zero attached hydrogens (tertiary/aromatic N) is 4. The number of amides is 2. The van der Waals surface area contributed by atoms with Crippen molar-refractivity contribution in [2.75, 3.05) is 26.0 Å². The van der Waals surface area contributed by atoms with Gasteiger partial charge in [-0.2, -0.15) is 5.10 Å². The lowest BCUT2D eigenvalue weighted by molar-refractivity contribution is 0.243. The standard InChI is InChI=1S/C19H21FN6O/c1-25(2)18(14-3-5-15(20)6-4-14)11-22-19(27)24-16-7-9-17(10-8-16)26-13-21-12-23-26/h3-10,12-13,18H,11H2,1-2H3,(H2,22,24,27)/t18-/m0/s1. The van der Waals surface area contributed by atoms with E-state index in [0.717, 1.165) is 11.3 Å². The quantitative estimate of drug-likeness (QED) is 0.702. The smallest absolute Gasteiger partial charge is 0.319 e. The van der Waals surface area contributed by atoms with Gasteiger partial charge in [0.25, 0.3) is 0 Å². The van der Waals surface area contributed by atoms with Crippen LogP contribution in [0.1, 0.15) is 11.6 Å². The van der Waals surface area contributed by atoms with E-state index in [1.54, 1.807) is 35.3 Å². The van der Waals surface area contributed by atoms with Gasteiger partial charge in [0.1, 0.15) is 18.5 Å². The molecule has 2 amide bonds. The number of halogens is 1. The molecule has 0 radical (unpaired) electrons. The second kappa shape index (κ2) is 8.41. The zero-order chi connectivity index (χ0) is 19.2. The predicted octanol–water partition coefficient (Wildman–Crippen LogP) is 2.83. The third-order valence-corrected chi connectivity index (χ3v) is 4.14. The highest BCUT2D eigenvalue weighted by Crippen LogP contribution is 2.18. The van der Waals surface area contributed by atoms with Crippen LogP contribution in [0.5, 0.6) is 0 Å². The summed E-state index contributed by atoms with van der Waals surface area (Å²) in [7, 11) is 3.83. The van der Waals surface area contributed by atoms with Crippen molar-refractivity contribution < 1.29 is 9.18 Å². The van der Waals surface area contributed by atoms with Crippen LogP contribution in [0.25, 0.3) is 5.69 Å². The van der Waals surface area contributed by atoms with Gasteiger partial charge in [0.2, 0.25) is 0 Å². The Labute approximate surface area is 156 Å². The van der Waals surface area contributed by atoms with E-state index in [0.29, 0.717) is 12.2 Å². The number of benzene rings is 2. The molecule has 1 heterocycles. The molecule has 0 aliphatic rings. The Morgan fingerprint density at radius 2 is 1.85 bits per heavy atom. The van der Waals surface area contributed by atoms with Crippen molar-refractivity contribution in [3.8, 4) is 5.69 Å². The largest absolute Gasteiger partial charge is 0.336 e. The molecule has 7 nitrogen and oxygen atoms in total. The zero-order valence-corrected chi connectivity index (χ0v) is 15.1. The molecular formula is C19H21FN6O. The fraction of sp³-hybridized carbons (Fsp3) is 0.211. The summed E-state index contributed by atoms with van der Waals surface area (Å²) in [6, 6.07) is 13.2. The number of carbonyl (C=O) groups is 1. The number of hydrogen-bond acceptors (Lipinski definition) is 4. The van der Waals surface area contributed by atoms with Gasteiger partial charge in [-0.15, -0.1) is 0 Å². The van der Waals surface area contributed by atoms with Gasteiger partial charge >= 0.3 is 6.03 Å². The molecule has 3 rings (SSSR count). The van der Waals surface area contributed by atoms with Gasteiger partial charge in [-0.1, -0.05) is 12.1 Å². The molecule has 0 aliphatic carbocycles. The van der Waals surface area contributed by atoms with E-state index < -0.39 is 0 Å². The van der Waals surface area contributed by atoms with Gasteiger partial charge in [-0.25, -0.2) is 18.9 Å². The molecule has 140 valence electrons. The van der Waals surface area contributed by atoms with E-state index in [2.05, 4.69) is 20.7 Å². The number of aromatic nitrogens is 3. The average Bonchev–Trinajstić information content (AvgIpc) is 3.18. The van der Waals surface area contributed by atoms with Gasteiger partial charge in [-0.3, -0.25) is 0 Å². The molecule has 1 aromatic heterocycles.